The molecule has 2 amide bonds. The Morgan fingerprint density at radius 1 is 0.906 bits per heavy atom. The maximum Gasteiger partial charge on any atom is 0.408 e. The first-order valence-corrected chi connectivity index (χ1v) is 9.87. The Morgan fingerprint density at radius 2 is 1.62 bits per heavy atom. The second-order valence-corrected chi connectivity index (χ2v) is 6.83. The fourth-order valence-corrected chi connectivity index (χ4v) is 2.93. The molecular formula is C23H20N4O5. The van der Waals surface area contributed by atoms with Crippen LogP contribution in [0.2, 0.25) is 0 Å². The molecule has 1 atom stereocenters. The summed E-state index contributed by atoms with van der Waals surface area (Å²) in [6, 6.07) is 20.8. The Morgan fingerprint density at radius 3 is 2.31 bits per heavy atom. The van der Waals surface area contributed by atoms with Crippen molar-refractivity contribution in [3.05, 3.63) is 90.2 Å². The number of nitrogens with zero attached hydrogens (tertiary/aromatic N) is 2. The van der Waals surface area contributed by atoms with E-state index in [0.717, 1.165) is 11.1 Å². The van der Waals surface area contributed by atoms with E-state index >= 15 is 0 Å². The predicted molar refractivity (Wildman–Crippen MR) is 114 cm³/mol. The molecule has 0 spiro atoms. The molecule has 4 aromatic rings. The quantitative estimate of drug-likeness (QED) is 0.434. The highest BCUT2D eigenvalue weighted by Gasteiger charge is 2.24. The van der Waals surface area contributed by atoms with E-state index in [1.54, 1.807) is 12.1 Å². The van der Waals surface area contributed by atoms with Crippen LogP contribution in [0.15, 0.2) is 87.9 Å². The van der Waals surface area contributed by atoms with Gasteiger partial charge in [0.2, 0.25) is 0 Å². The van der Waals surface area contributed by atoms with Crippen molar-refractivity contribution in [2.24, 2.45) is 0 Å². The summed E-state index contributed by atoms with van der Waals surface area (Å²) in [5.74, 6) is -0.0262. The molecule has 2 N–H and O–H groups in total. The van der Waals surface area contributed by atoms with E-state index in [1.807, 2.05) is 60.7 Å². The van der Waals surface area contributed by atoms with Gasteiger partial charge in [-0.3, -0.25) is 10.1 Å². The maximum absolute atomic E-state index is 12.9. The van der Waals surface area contributed by atoms with Crippen LogP contribution in [0.1, 0.15) is 11.1 Å². The third-order valence-corrected chi connectivity index (χ3v) is 4.49. The van der Waals surface area contributed by atoms with Gasteiger partial charge < -0.3 is 18.9 Å². The molecule has 0 radical (unpaired) electrons. The van der Waals surface area contributed by atoms with Crippen molar-refractivity contribution in [3.63, 3.8) is 0 Å². The molecule has 0 fully saturated rings. The average molecular weight is 432 g/mol. The minimum Gasteiger partial charge on any atom is -0.459 e. The van der Waals surface area contributed by atoms with Gasteiger partial charge in [-0.15, -0.1) is 5.10 Å². The number of anilines is 1. The van der Waals surface area contributed by atoms with Crippen molar-refractivity contribution in [1.29, 1.82) is 0 Å². The van der Waals surface area contributed by atoms with E-state index in [1.165, 1.54) is 6.26 Å². The van der Waals surface area contributed by atoms with Crippen molar-refractivity contribution < 1.29 is 23.2 Å². The molecule has 2 aromatic heterocycles. The number of nitrogens with one attached hydrogen (secondary N) is 2. The lowest BCUT2D eigenvalue weighted by atomic mass is 10.1. The van der Waals surface area contributed by atoms with Gasteiger partial charge in [-0.05, 0) is 23.3 Å². The number of aromatic nitrogens is 2. The number of ether oxygens (including phenoxy) is 1. The Bertz CT molecular complexity index is 1140. The van der Waals surface area contributed by atoms with Crippen molar-refractivity contribution in [2.45, 2.75) is 19.1 Å². The Kier molecular flexibility index (Phi) is 6.57. The fraction of sp³-hybridized carbons (Fsp3) is 0.130. The Balaban J connectivity index is 1.42. The van der Waals surface area contributed by atoms with Crippen molar-refractivity contribution in [1.82, 2.24) is 15.5 Å². The topological polar surface area (TPSA) is 119 Å². The molecule has 0 saturated heterocycles. The minimum atomic E-state index is -0.931. The molecule has 0 bridgehead atoms. The van der Waals surface area contributed by atoms with Crippen LogP contribution in [0.3, 0.4) is 0 Å². The zero-order valence-electron chi connectivity index (χ0n) is 16.9. The molecule has 162 valence electrons. The molecule has 0 saturated carbocycles. The van der Waals surface area contributed by atoms with Crippen molar-refractivity contribution in [2.75, 3.05) is 5.32 Å². The normalized spacial score (nSPS) is 11.5. The summed E-state index contributed by atoms with van der Waals surface area (Å²) in [5, 5.41) is 12.8. The Hall–Kier alpha value is -4.40. The summed E-state index contributed by atoms with van der Waals surface area (Å²) >= 11 is 0. The summed E-state index contributed by atoms with van der Waals surface area (Å²) in [4.78, 5) is 25.2. The summed E-state index contributed by atoms with van der Waals surface area (Å²) in [6.07, 6.45) is 0.997. The van der Waals surface area contributed by atoms with E-state index in [4.69, 9.17) is 13.6 Å². The number of rotatable bonds is 8. The van der Waals surface area contributed by atoms with Crippen molar-refractivity contribution >= 4 is 18.0 Å². The van der Waals surface area contributed by atoms with Gasteiger partial charge in [-0.1, -0.05) is 65.8 Å². The number of hydrogen-bond acceptors (Lipinski definition) is 7. The molecule has 9 heteroatoms. The SMILES string of the molecule is O=C(N[C@@H](Cc1ccccc1)C(=O)Nc1nnc(-c2ccco2)o1)OCc1ccccc1. The van der Waals surface area contributed by atoms with Crippen LogP contribution in [0.5, 0.6) is 0 Å². The first-order valence-electron chi connectivity index (χ1n) is 9.87. The minimum absolute atomic E-state index is 0.0858. The molecule has 0 aliphatic heterocycles. The number of alkyl carbamates (subject to hydrolysis) is 1. The molecule has 2 aromatic carbocycles. The fourth-order valence-electron chi connectivity index (χ4n) is 2.93. The van der Waals surface area contributed by atoms with Gasteiger partial charge in [0.25, 0.3) is 11.8 Å². The van der Waals surface area contributed by atoms with Crippen LogP contribution < -0.4 is 10.6 Å². The monoisotopic (exact) mass is 432 g/mol. The van der Waals surface area contributed by atoms with Gasteiger partial charge >= 0.3 is 12.1 Å². The standard InChI is InChI=1S/C23H20N4O5/c28-20(25-22-27-26-21(32-22)19-12-7-13-30-19)18(14-16-8-3-1-4-9-16)24-23(29)31-15-17-10-5-2-6-11-17/h1-13,18H,14-15H2,(H,24,29)(H,25,27,28)/t18-/m0/s1. The van der Waals surface area contributed by atoms with Gasteiger partial charge in [0, 0.05) is 6.42 Å². The van der Waals surface area contributed by atoms with Gasteiger partial charge in [0.05, 0.1) is 6.26 Å². The highest BCUT2D eigenvalue weighted by atomic mass is 16.5. The summed E-state index contributed by atoms with van der Waals surface area (Å²) in [5.41, 5.74) is 1.70. The molecule has 0 unspecified atom stereocenters. The first-order chi connectivity index (χ1) is 15.7. The van der Waals surface area contributed by atoms with E-state index in [-0.39, 0.29) is 24.9 Å². The molecule has 32 heavy (non-hydrogen) atoms. The van der Waals surface area contributed by atoms with Crippen LogP contribution in [-0.4, -0.2) is 28.2 Å². The largest absolute Gasteiger partial charge is 0.459 e. The van der Waals surface area contributed by atoms with Crippen molar-refractivity contribution in [3.8, 4) is 11.7 Å². The Labute approximate surface area is 183 Å². The molecule has 4 rings (SSSR count). The molecule has 2 heterocycles. The third-order valence-electron chi connectivity index (χ3n) is 4.49. The van der Waals surface area contributed by atoms with Gasteiger partial charge in [-0.2, -0.15) is 0 Å². The summed E-state index contributed by atoms with van der Waals surface area (Å²) in [7, 11) is 0. The molecule has 0 aliphatic rings. The smallest absolute Gasteiger partial charge is 0.408 e. The maximum atomic E-state index is 12.9. The van der Waals surface area contributed by atoms with Crippen LogP contribution in [0, 0.1) is 0 Å². The van der Waals surface area contributed by atoms with E-state index in [2.05, 4.69) is 20.8 Å². The molecule has 9 nitrogen and oxygen atoms in total. The van der Waals surface area contributed by atoms with Crippen LogP contribution >= 0.6 is 0 Å². The number of benzene rings is 2. The lowest BCUT2D eigenvalue weighted by molar-refractivity contribution is -0.118. The zero-order valence-corrected chi connectivity index (χ0v) is 16.9. The number of furan rings is 1. The van der Waals surface area contributed by atoms with E-state index in [9.17, 15) is 9.59 Å². The summed E-state index contributed by atoms with van der Waals surface area (Å²) in [6.45, 7) is 0.0858. The second-order valence-electron chi connectivity index (χ2n) is 6.83. The second kappa shape index (κ2) is 10.1. The highest BCUT2D eigenvalue weighted by Crippen LogP contribution is 2.20. The van der Waals surface area contributed by atoms with Crippen LogP contribution in [0.4, 0.5) is 10.8 Å². The number of carbonyl (C=O) groups is 2. The molecule has 0 aliphatic carbocycles. The van der Waals surface area contributed by atoms with Crippen LogP contribution in [-0.2, 0) is 22.6 Å². The third kappa shape index (κ3) is 5.60. The average Bonchev–Trinajstić information content (AvgIpc) is 3.51. The van der Waals surface area contributed by atoms with E-state index < -0.39 is 18.0 Å². The lowest BCUT2D eigenvalue weighted by Gasteiger charge is -2.17. The number of amides is 2. The van der Waals surface area contributed by atoms with Gasteiger partial charge in [0.1, 0.15) is 12.6 Å². The number of carbonyl (C=O) groups excluding carboxylic acids is 2. The van der Waals surface area contributed by atoms with Gasteiger partial charge in [-0.25, -0.2) is 4.79 Å². The van der Waals surface area contributed by atoms with Crippen LogP contribution in [0.25, 0.3) is 11.7 Å². The lowest BCUT2D eigenvalue weighted by Crippen LogP contribution is -2.45. The molecular weight excluding hydrogens is 412 g/mol. The first kappa shape index (κ1) is 20.9. The predicted octanol–water partition coefficient (Wildman–Crippen LogP) is 3.81. The number of hydrogen-bond donors (Lipinski definition) is 2. The zero-order chi connectivity index (χ0) is 22.2. The van der Waals surface area contributed by atoms with E-state index in [0.29, 0.717) is 5.76 Å². The van der Waals surface area contributed by atoms with Gasteiger partial charge in [0.15, 0.2) is 5.76 Å². The highest BCUT2D eigenvalue weighted by molar-refractivity contribution is 5.95. The summed E-state index contributed by atoms with van der Waals surface area (Å²) < 4.78 is 15.9.